The fourth-order valence-corrected chi connectivity index (χ4v) is 2.05. The summed E-state index contributed by atoms with van der Waals surface area (Å²) in [5.41, 5.74) is 6.87. The second-order valence-corrected chi connectivity index (χ2v) is 5.05. The second kappa shape index (κ2) is 7.24. The minimum absolute atomic E-state index is 0.0520. The first-order valence-electron chi connectivity index (χ1n) is 5.83. The quantitative estimate of drug-likeness (QED) is 0.633. The zero-order valence-corrected chi connectivity index (χ0v) is 11.7. The third-order valence-corrected chi connectivity index (χ3v) is 3.44. The number of likely N-dealkylation sites (N-methyl/N-ethyl adjacent to an activating group) is 1. The van der Waals surface area contributed by atoms with Crippen LogP contribution >= 0.6 is 11.8 Å². The fraction of sp³-hybridized carbons (Fsp3) is 0.357. The monoisotopic (exact) mass is 264 g/mol. The highest BCUT2D eigenvalue weighted by atomic mass is 32.2. The van der Waals surface area contributed by atoms with Gasteiger partial charge in [0, 0.05) is 18.5 Å². The first-order chi connectivity index (χ1) is 8.58. The van der Waals surface area contributed by atoms with Crippen LogP contribution in [0.5, 0.6) is 0 Å². The molecule has 98 valence electrons. The molecule has 1 unspecified atom stereocenters. The van der Waals surface area contributed by atoms with E-state index in [0.29, 0.717) is 13.0 Å². The van der Waals surface area contributed by atoms with Crippen molar-refractivity contribution in [1.82, 2.24) is 4.90 Å². The van der Waals surface area contributed by atoms with Gasteiger partial charge in [-0.3, -0.25) is 4.79 Å². The van der Waals surface area contributed by atoms with Crippen molar-refractivity contribution in [3.8, 4) is 0 Å². The van der Waals surface area contributed by atoms with E-state index in [1.807, 2.05) is 18.4 Å². The minimum atomic E-state index is -0.488. The summed E-state index contributed by atoms with van der Waals surface area (Å²) < 4.78 is 0. The summed E-state index contributed by atoms with van der Waals surface area (Å²) in [6.07, 6.45) is 4.22. The van der Waals surface area contributed by atoms with Gasteiger partial charge in [-0.1, -0.05) is 18.2 Å². The third kappa shape index (κ3) is 4.20. The Hall–Kier alpha value is -1.26. The van der Waals surface area contributed by atoms with Gasteiger partial charge in [-0.25, -0.2) is 0 Å². The molecule has 0 aliphatic rings. The van der Waals surface area contributed by atoms with Crippen LogP contribution in [0.15, 0.2) is 41.8 Å². The number of nitrogens with two attached hydrogens (primary N) is 1. The number of carbonyl (C=O) groups excluding carboxylic acids is 1. The topological polar surface area (TPSA) is 46.3 Å². The van der Waals surface area contributed by atoms with Gasteiger partial charge < -0.3 is 10.6 Å². The van der Waals surface area contributed by atoms with E-state index >= 15 is 0 Å². The van der Waals surface area contributed by atoms with Crippen LogP contribution in [-0.4, -0.2) is 30.2 Å². The molecule has 0 aromatic heterocycles. The van der Waals surface area contributed by atoms with E-state index in [-0.39, 0.29) is 5.91 Å². The summed E-state index contributed by atoms with van der Waals surface area (Å²) >= 11 is 1.70. The van der Waals surface area contributed by atoms with Gasteiger partial charge in [0.15, 0.2) is 0 Å². The number of thioether (sulfide) groups is 1. The lowest BCUT2D eigenvalue weighted by Crippen LogP contribution is -2.41. The van der Waals surface area contributed by atoms with Crippen molar-refractivity contribution in [2.75, 3.05) is 13.3 Å². The van der Waals surface area contributed by atoms with E-state index in [0.717, 1.165) is 5.56 Å². The van der Waals surface area contributed by atoms with E-state index in [1.165, 1.54) is 4.90 Å². The van der Waals surface area contributed by atoms with Crippen LogP contribution in [0.4, 0.5) is 0 Å². The van der Waals surface area contributed by atoms with Gasteiger partial charge in [-0.2, -0.15) is 0 Å². The lowest BCUT2D eigenvalue weighted by atomic mass is 10.1. The molecular formula is C14H20N2OS. The second-order valence-electron chi connectivity index (χ2n) is 4.17. The summed E-state index contributed by atoms with van der Waals surface area (Å²) in [5.74, 6) is -0.0520. The minimum Gasteiger partial charge on any atom is -0.340 e. The molecular weight excluding hydrogens is 244 g/mol. The molecule has 0 aliphatic heterocycles. The molecule has 0 spiro atoms. The maximum absolute atomic E-state index is 11.9. The zero-order valence-electron chi connectivity index (χ0n) is 10.9. The van der Waals surface area contributed by atoms with E-state index in [1.54, 1.807) is 29.8 Å². The largest absolute Gasteiger partial charge is 0.340 e. The molecule has 1 amide bonds. The molecule has 1 rings (SSSR count). The van der Waals surface area contributed by atoms with Crippen LogP contribution in [0.25, 0.3) is 0 Å². The lowest BCUT2D eigenvalue weighted by Gasteiger charge is -2.20. The Morgan fingerprint density at radius 2 is 2.11 bits per heavy atom. The van der Waals surface area contributed by atoms with Crippen LogP contribution < -0.4 is 5.73 Å². The van der Waals surface area contributed by atoms with Gasteiger partial charge in [-0.05, 0) is 30.4 Å². The van der Waals surface area contributed by atoms with Crippen molar-refractivity contribution in [2.24, 2.45) is 5.73 Å². The number of hydrogen-bond donors (Lipinski definition) is 1. The molecule has 1 atom stereocenters. The predicted octanol–water partition coefficient (Wildman–Crippen LogP) is 2.27. The summed E-state index contributed by atoms with van der Waals surface area (Å²) in [7, 11) is 1.77. The van der Waals surface area contributed by atoms with Crippen LogP contribution in [0, 0.1) is 0 Å². The molecule has 0 heterocycles. The molecule has 0 aliphatic carbocycles. The smallest absolute Gasteiger partial charge is 0.239 e. The number of benzene rings is 1. The van der Waals surface area contributed by atoms with Crippen LogP contribution in [-0.2, 0) is 11.3 Å². The Morgan fingerprint density at radius 3 is 2.61 bits per heavy atom. The maximum Gasteiger partial charge on any atom is 0.239 e. The molecule has 0 saturated carbocycles. The molecule has 1 aromatic rings. The van der Waals surface area contributed by atoms with E-state index in [4.69, 9.17) is 5.73 Å². The molecule has 4 heteroatoms. The van der Waals surface area contributed by atoms with Crippen LogP contribution in [0.1, 0.15) is 12.0 Å². The molecule has 0 fully saturated rings. The predicted molar refractivity (Wildman–Crippen MR) is 77.5 cm³/mol. The lowest BCUT2D eigenvalue weighted by molar-refractivity contribution is -0.131. The average molecular weight is 264 g/mol. The van der Waals surface area contributed by atoms with E-state index in [9.17, 15) is 4.79 Å². The van der Waals surface area contributed by atoms with Crippen molar-refractivity contribution in [3.63, 3.8) is 0 Å². The number of amides is 1. The normalized spacial score (nSPS) is 11.9. The summed E-state index contributed by atoms with van der Waals surface area (Å²) in [4.78, 5) is 14.8. The van der Waals surface area contributed by atoms with Crippen molar-refractivity contribution >= 4 is 17.7 Å². The van der Waals surface area contributed by atoms with Gasteiger partial charge in [0.05, 0.1) is 6.04 Å². The molecule has 0 saturated heterocycles. The van der Waals surface area contributed by atoms with Crippen LogP contribution in [0.2, 0.25) is 0 Å². The Balaban J connectivity index is 2.60. The first-order valence-corrected chi connectivity index (χ1v) is 7.05. The summed E-state index contributed by atoms with van der Waals surface area (Å²) in [6.45, 7) is 4.17. The van der Waals surface area contributed by atoms with Crippen molar-refractivity contribution < 1.29 is 4.79 Å². The number of rotatable bonds is 6. The van der Waals surface area contributed by atoms with Gasteiger partial charge >= 0.3 is 0 Å². The zero-order chi connectivity index (χ0) is 13.5. The molecule has 18 heavy (non-hydrogen) atoms. The Labute approximate surface area is 113 Å². The number of carbonyl (C=O) groups is 1. The Kier molecular flexibility index (Phi) is 5.95. The number of hydrogen-bond acceptors (Lipinski definition) is 3. The van der Waals surface area contributed by atoms with E-state index in [2.05, 4.69) is 18.7 Å². The molecule has 0 bridgehead atoms. The highest BCUT2D eigenvalue weighted by molar-refractivity contribution is 7.98. The summed E-state index contributed by atoms with van der Waals surface area (Å²) in [6, 6.07) is 7.70. The molecule has 1 aromatic carbocycles. The van der Waals surface area contributed by atoms with Gasteiger partial charge in [0.1, 0.15) is 0 Å². The molecule has 2 N–H and O–H groups in total. The Bertz CT molecular complexity index is 403. The fourth-order valence-electron chi connectivity index (χ4n) is 1.65. The SMILES string of the molecule is C=CCC(N)C(=O)N(C)Cc1ccc(SC)cc1. The third-order valence-electron chi connectivity index (χ3n) is 2.69. The van der Waals surface area contributed by atoms with Gasteiger partial charge in [0.25, 0.3) is 0 Å². The highest BCUT2D eigenvalue weighted by Gasteiger charge is 2.16. The average Bonchev–Trinajstić information content (AvgIpc) is 2.39. The van der Waals surface area contributed by atoms with Crippen molar-refractivity contribution in [3.05, 3.63) is 42.5 Å². The summed E-state index contributed by atoms with van der Waals surface area (Å²) in [5, 5.41) is 0. The van der Waals surface area contributed by atoms with Crippen molar-refractivity contribution in [1.29, 1.82) is 0 Å². The van der Waals surface area contributed by atoms with Crippen LogP contribution in [0.3, 0.4) is 0 Å². The number of nitrogens with zero attached hydrogens (tertiary/aromatic N) is 1. The highest BCUT2D eigenvalue weighted by Crippen LogP contribution is 2.15. The Morgan fingerprint density at radius 1 is 1.50 bits per heavy atom. The first kappa shape index (κ1) is 14.8. The van der Waals surface area contributed by atoms with Gasteiger partial charge in [-0.15, -0.1) is 18.3 Å². The maximum atomic E-state index is 11.9. The van der Waals surface area contributed by atoms with Gasteiger partial charge in [0.2, 0.25) is 5.91 Å². The molecule has 0 radical (unpaired) electrons. The van der Waals surface area contributed by atoms with E-state index < -0.39 is 6.04 Å². The molecule has 3 nitrogen and oxygen atoms in total. The van der Waals surface area contributed by atoms with Crippen molar-refractivity contribution in [2.45, 2.75) is 23.9 Å². The standard InChI is InChI=1S/C14H20N2OS/c1-4-5-13(15)14(17)16(2)10-11-6-8-12(18-3)9-7-11/h4,6-9,13H,1,5,10,15H2,2-3H3.